The maximum atomic E-state index is 12.3. The quantitative estimate of drug-likeness (QED) is 0.791. The Morgan fingerprint density at radius 1 is 1.38 bits per heavy atom. The Balaban J connectivity index is 1.93. The molecule has 1 saturated carbocycles. The summed E-state index contributed by atoms with van der Waals surface area (Å²) in [6.07, 6.45) is 2.18. The van der Waals surface area contributed by atoms with Crippen molar-refractivity contribution in [1.29, 1.82) is 0 Å². The number of carbonyl (C=O) groups excluding carboxylic acids is 1. The first-order chi connectivity index (χ1) is 10.2. The second-order valence-electron chi connectivity index (χ2n) is 5.36. The average Bonchev–Trinajstić information content (AvgIpc) is 3.21. The van der Waals surface area contributed by atoms with Crippen LogP contribution in [-0.2, 0) is 9.53 Å². The number of benzene rings is 1. The van der Waals surface area contributed by atoms with E-state index in [1.807, 2.05) is 31.2 Å². The van der Waals surface area contributed by atoms with Crippen LogP contribution in [0.25, 0.3) is 0 Å². The molecule has 0 saturated heterocycles. The number of ether oxygens (including phenoxy) is 1. The third-order valence-corrected chi connectivity index (χ3v) is 3.58. The summed E-state index contributed by atoms with van der Waals surface area (Å²) in [5.74, 6) is 0.409. The highest BCUT2D eigenvalue weighted by Crippen LogP contribution is 2.39. The van der Waals surface area contributed by atoms with Gasteiger partial charge in [0.25, 0.3) is 0 Å². The lowest BCUT2D eigenvalue weighted by Crippen LogP contribution is -2.17. The second kappa shape index (κ2) is 5.68. The van der Waals surface area contributed by atoms with E-state index in [0.717, 1.165) is 24.0 Å². The summed E-state index contributed by atoms with van der Waals surface area (Å²) in [5.41, 5.74) is 1.94. The van der Waals surface area contributed by atoms with Gasteiger partial charge in [-0.05, 0) is 32.3 Å². The van der Waals surface area contributed by atoms with Crippen molar-refractivity contribution in [3.63, 3.8) is 0 Å². The summed E-state index contributed by atoms with van der Waals surface area (Å²) >= 11 is 0. The van der Waals surface area contributed by atoms with Gasteiger partial charge in [-0.2, -0.15) is 4.98 Å². The number of aryl methyl sites for hydroxylation is 1. The molecule has 0 N–H and O–H groups in total. The molecule has 1 aromatic heterocycles. The highest BCUT2D eigenvalue weighted by Gasteiger charge is 2.34. The zero-order valence-corrected chi connectivity index (χ0v) is 12.2. The third-order valence-electron chi connectivity index (χ3n) is 3.58. The minimum Gasteiger partial charge on any atom is -0.465 e. The van der Waals surface area contributed by atoms with E-state index in [-0.39, 0.29) is 5.97 Å². The predicted octanol–water partition coefficient (Wildman–Crippen LogP) is 2.95. The number of hydrogen-bond donors (Lipinski definition) is 0. The largest absolute Gasteiger partial charge is 0.465 e. The van der Waals surface area contributed by atoms with E-state index in [0.29, 0.717) is 24.2 Å². The monoisotopic (exact) mass is 286 g/mol. The molecule has 5 nitrogen and oxygen atoms in total. The van der Waals surface area contributed by atoms with Gasteiger partial charge < -0.3 is 9.26 Å². The van der Waals surface area contributed by atoms with Crippen LogP contribution in [0.2, 0.25) is 0 Å². The minimum atomic E-state index is -0.648. The average molecular weight is 286 g/mol. The van der Waals surface area contributed by atoms with E-state index >= 15 is 0 Å². The Morgan fingerprint density at radius 2 is 2.10 bits per heavy atom. The van der Waals surface area contributed by atoms with Gasteiger partial charge >= 0.3 is 5.97 Å². The highest BCUT2D eigenvalue weighted by atomic mass is 16.5. The van der Waals surface area contributed by atoms with Gasteiger partial charge in [0.2, 0.25) is 5.89 Å². The predicted molar refractivity (Wildman–Crippen MR) is 75.9 cm³/mol. The number of aromatic nitrogens is 2. The number of rotatable bonds is 5. The first-order valence-electron chi connectivity index (χ1n) is 7.25. The van der Waals surface area contributed by atoms with Gasteiger partial charge in [0.05, 0.1) is 6.61 Å². The van der Waals surface area contributed by atoms with E-state index in [4.69, 9.17) is 9.26 Å². The van der Waals surface area contributed by atoms with Crippen LogP contribution in [0.3, 0.4) is 0 Å². The van der Waals surface area contributed by atoms with Crippen molar-refractivity contribution in [2.24, 2.45) is 0 Å². The van der Waals surface area contributed by atoms with Crippen molar-refractivity contribution >= 4 is 5.97 Å². The molecule has 2 aromatic rings. The molecule has 1 unspecified atom stereocenters. The smallest absolute Gasteiger partial charge is 0.323 e. The fourth-order valence-electron chi connectivity index (χ4n) is 2.24. The molecule has 0 aliphatic heterocycles. The van der Waals surface area contributed by atoms with Crippen LogP contribution in [0.4, 0.5) is 0 Å². The van der Waals surface area contributed by atoms with Crippen LogP contribution in [-0.4, -0.2) is 22.7 Å². The van der Waals surface area contributed by atoms with Gasteiger partial charge in [-0.1, -0.05) is 35.0 Å². The van der Waals surface area contributed by atoms with E-state index in [1.54, 1.807) is 6.92 Å². The van der Waals surface area contributed by atoms with Crippen LogP contribution >= 0.6 is 0 Å². The Morgan fingerprint density at radius 3 is 2.71 bits per heavy atom. The molecule has 3 rings (SSSR count). The van der Waals surface area contributed by atoms with Crippen molar-refractivity contribution in [3.8, 4) is 0 Å². The zero-order valence-electron chi connectivity index (χ0n) is 12.2. The van der Waals surface area contributed by atoms with Crippen LogP contribution in [0.5, 0.6) is 0 Å². The number of nitrogens with zero attached hydrogens (tertiary/aromatic N) is 2. The van der Waals surface area contributed by atoms with Crippen LogP contribution in [0.15, 0.2) is 28.8 Å². The lowest BCUT2D eigenvalue weighted by molar-refractivity contribution is -0.144. The number of esters is 1. The molecule has 0 bridgehead atoms. The lowest BCUT2D eigenvalue weighted by Gasteiger charge is -2.12. The van der Waals surface area contributed by atoms with Gasteiger partial charge in [-0.25, -0.2) is 0 Å². The van der Waals surface area contributed by atoms with Crippen LogP contribution in [0, 0.1) is 6.92 Å². The molecule has 110 valence electrons. The molecule has 1 aromatic carbocycles. The Hall–Kier alpha value is -2.17. The number of carbonyl (C=O) groups is 1. The first-order valence-corrected chi connectivity index (χ1v) is 7.25. The molecular weight excluding hydrogens is 268 g/mol. The Bertz CT molecular complexity index is 629. The summed E-state index contributed by atoms with van der Waals surface area (Å²) in [4.78, 5) is 16.7. The van der Waals surface area contributed by atoms with Gasteiger partial charge in [0, 0.05) is 5.92 Å². The van der Waals surface area contributed by atoms with Gasteiger partial charge in [-0.15, -0.1) is 0 Å². The molecular formula is C16H18N2O3. The highest BCUT2D eigenvalue weighted by molar-refractivity contribution is 5.80. The molecule has 5 heteroatoms. The molecule has 1 atom stereocenters. The Kier molecular flexibility index (Phi) is 3.73. The molecule has 1 fully saturated rings. The maximum Gasteiger partial charge on any atom is 0.323 e. The van der Waals surface area contributed by atoms with Crippen molar-refractivity contribution in [2.75, 3.05) is 6.61 Å². The second-order valence-corrected chi connectivity index (χ2v) is 5.36. The summed E-state index contributed by atoms with van der Waals surface area (Å²) in [6, 6.07) is 7.72. The normalized spacial score (nSPS) is 15.7. The lowest BCUT2D eigenvalue weighted by atomic mass is 9.98. The molecule has 1 aliphatic rings. The molecule has 21 heavy (non-hydrogen) atoms. The molecule has 0 spiro atoms. The van der Waals surface area contributed by atoms with Gasteiger partial charge in [0.15, 0.2) is 11.7 Å². The fraction of sp³-hybridized carbons (Fsp3) is 0.438. The van der Waals surface area contributed by atoms with Gasteiger partial charge in [0.1, 0.15) is 0 Å². The molecule has 0 amide bonds. The van der Waals surface area contributed by atoms with Crippen molar-refractivity contribution in [3.05, 3.63) is 47.1 Å². The van der Waals surface area contributed by atoms with E-state index < -0.39 is 5.92 Å². The Labute approximate surface area is 123 Å². The van der Waals surface area contributed by atoms with Crippen molar-refractivity contribution in [1.82, 2.24) is 10.1 Å². The van der Waals surface area contributed by atoms with Crippen LogP contribution < -0.4 is 0 Å². The van der Waals surface area contributed by atoms with E-state index in [9.17, 15) is 4.79 Å². The molecule has 1 aliphatic carbocycles. The molecule has 1 heterocycles. The first kappa shape index (κ1) is 13.8. The SMILES string of the molecule is CCOC(=O)C(c1ccc(C)cc1)c1nc(C2CC2)no1. The van der Waals surface area contributed by atoms with E-state index in [1.165, 1.54) is 0 Å². The minimum absolute atomic E-state index is 0.319. The maximum absolute atomic E-state index is 12.3. The number of hydrogen-bond acceptors (Lipinski definition) is 5. The summed E-state index contributed by atoms with van der Waals surface area (Å²) in [7, 11) is 0. The summed E-state index contributed by atoms with van der Waals surface area (Å²) < 4.78 is 10.5. The topological polar surface area (TPSA) is 65.2 Å². The van der Waals surface area contributed by atoms with Gasteiger partial charge in [-0.3, -0.25) is 4.79 Å². The van der Waals surface area contributed by atoms with Crippen LogP contribution in [0.1, 0.15) is 54.4 Å². The zero-order chi connectivity index (χ0) is 14.8. The molecule has 0 radical (unpaired) electrons. The third kappa shape index (κ3) is 2.96. The summed E-state index contributed by atoms with van der Waals surface area (Å²) in [6.45, 7) is 4.11. The fourth-order valence-corrected chi connectivity index (χ4v) is 2.24. The summed E-state index contributed by atoms with van der Waals surface area (Å²) in [5, 5.41) is 3.99. The standard InChI is InChI=1S/C16H18N2O3/c1-3-20-16(19)13(11-6-4-10(2)5-7-11)15-17-14(18-21-15)12-8-9-12/h4-7,12-13H,3,8-9H2,1-2H3. The van der Waals surface area contributed by atoms with Crippen molar-refractivity contribution in [2.45, 2.75) is 38.5 Å². The van der Waals surface area contributed by atoms with E-state index in [2.05, 4.69) is 10.1 Å². The van der Waals surface area contributed by atoms with Crippen molar-refractivity contribution < 1.29 is 14.1 Å².